The molecular weight excluding hydrogens is 495 g/mol. The second kappa shape index (κ2) is 12.4. The molecule has 2 aliphatic rings. The topological polar surface area (TPSA) is 125 Å². The Balaban J connectivity index is 0.000000540. The smallest absolute Gasteiger partial charge is 0.490 e. The number of methoxy groups -OCH3 is 2. The third kappa shape index (κ3) is 7.70. The number of carboxylic acid groups (broad SMARTS) is 1. The fourth-order valence-electron chi connectivity index (χ4n) is 3.86. The molecule has 2 N–H and O–H groups in total. The highest BCUT2D eigenvalue weighted by Gasteiger charge is 2.38. The van der Waals surface area contributed by atoms with Crippen molar-refractivity contribution in [3.05, 3.63) is 18.2 Å². The van der Waals surface area contributed by atoms with Crippen molar-refractivity contribution in [2.24, 2.45) is 0 Å². The van der Waals surface area contributed by atoms with E-state index in [2.05, 4.69) is 5.32 Å². The minimum absolute atomic E-state index is 0.116. The maximum atomic E-state index is 13.5. The van der Waals surface area contributed by atoms with Gasteiger partial charge in [0.1, 0.15) is 0 Å². The molecule has 2 fully saturated rings. The minimum atomic E-state index is -5.08. The first-order valence-electron chi connectivity index (χ1n) is 10.9. The van der Waals surface area contributed by atoms with Crippen molar-refractivity contribution < 1.29 is 45.8 Å². The fraction of sp³-hybridized carbons (Fsp3) is 0.619. The lowest BCUT2D eigenvalue weighted by Gasteiger charge is -2.32. The molecular formula is C21H30F3N3O7S. The molecule has 3 rings (SSSR count). The molecule has 10 nitrogen and oxygen atoms in total. The van der Waals surface area contributed by atoms with Gasteiger partial charge >= 0.3 is 12.1 Å². The van der Waals surface area contributed by atoms with Crippen LogP contribution in [0.1, 0.15) is 25.7 Å². The molecule has 0 radical (unpaired) electrons. The molecule has 0 aromatic heterocycles. The standard InChI is InChI=1S/C19H29N3O5S.C2HF3O2/c1-26-17-8-7-16(13-18(17)27-2)28(24,25)22(15-5-3-4-6-15)14-19(23)21-11-9-20-10-12-21;3-2(4,5)1(6)7/h7-8,13,15,20H,3-6,9-12,14H2,1-2H3;(H,6,7). The van der Waals surface area contributed by atoms with Crippen LogP contribution in [0.25, 0.3) is 0 Å². The average molecular weight is 526 g/mol. The van der Waals surface area contributed by atoms with E-state index in [1.54, 1.807) is 11.0 Å². The Hall–Kier alpha value is -2.58. The number of nitrogens with one attached hydrogen (secondary N) is 1. The molecule has 35 heavy (non-hydrogen) atoms. The number of hydrogen-bond donors (Lipinski definition) is 2. The van der Waals surface area contributed by atoms with E-state index >= 15 is 0 Å². The van der Waals surface area contributed by atoms with Crippen LogP contribution in [0, 0.1) is 0 Å². The zero-order valence-corrected chi connectivity index (χ0v) is 20.3. The molecule has 1 aromatic carbocycles. The van der Waals surface area contributed by atoms with Crippen LogP contribution < -0.4 is 14.8 Å². The number of sulfonamides is 1. The first-order chi connectivity index (χ1) is 16.4. The highest BCUT2D eigenvalue weighted by atomic mass is 32.2. The molecule has 0 unspecified atom stereocenters. The number of piperazine rings is 1. The Morgan fingerprint density at radius 3 is 2.14 bits per heavy atom. The number of ether oxygens (including phenoxy) is 2. The first-order valence-corrected chi connectivity index (χ1v) is 12.4. The zero-order valence-electron chi connectivity index (χ0n) is 19.5. The van der Waals surface area contributed by atoms with Gasteiger partial charge in [-0.15, -0.1) is 0 Å². The number of alkyl halides is 3. The average Bonchev–Trinajstić information content (AvgIpc) is 3.36. The van der Waals surface area contributed by atoms with Crippen molar-refractivity contribution in [1.29, 1.82) is 0 Å². The summed E-state index contributed by atoms with van der Waals surface area (Å²) in [7, 11) is -0.869. The van der Waals surface area contributed by atoms with Crippen molar-refractivity contribution in [2.75, 3.05) is 46.9 Å². The third-order valence-electron chi connectivity index (χ3n) is 5.70. The number of nitrogens with zero attached hydrogens (tertiary/aromatic N) is 2. The van der Waals surface area contributed by atoms with Crippen molar-refractivity contribution in [2.45, 2.75) is 42.8 Å². The van der Waals surface area contributed by atoms with Crippen LogP contribution in [0.3, 0.4) is 0 Å². The highest BCUT2D eigenvalue weighted by Crippen LogP contribution is 2.33. The molecule has 1 amide bonds. The van der Waals surface area contributed by atoms with E-state index in [0.717, 1.165) is 38.8 Å². The maximum Gasteiger partial charge on any atom is 0.490 e. The van der Waals surface area contributed by atoms with Crippen LogP contribution in [0.4, 0.5) is 13.2 Å². The zero-order chi connectivity index (χ0) is 26.2. The summed E-state index contributed by atoms with van der Waals surface area (Å²) in [6.45, 7) is 2.55. The van der Waals surface area contributed by atoms with Gasteiger partial charge in [-0.1, -0.05) is 12.8 Å². The normalized spacial score (nSPS) is 17.0. The third-order valence-corrected chi connectivity index (χ3v) is 7.59. The Labute approximate surface area is 202 Å². The molecule has 1 aromatic rings. The number of carbonyl (C=O) groups excluding carboxylic acids is 1. The van der Waals surface area contributed by atoms with E-state index in [1.807, 2.05) is 0 Å². The van der Waals surface area contributed by atoms with Gasteiger partial charge < -0.3 is 24.8 Å². The molecule has 1 heterocycles. The molecule has 1 saturated carbocycles. The van der Waals surface area contributed by atoms with E-state index in [-0.39, 0.29) is 23.4 Å². The Kier molecular flexibility index (Phi) is 10.2. The number of benzene rings is 1. The van der Waals surface area contributed by atoms with E-state index < -0.39 is 22.2 Å². The lowest BCUT2D eigenvalue weighted by atomic mass is 10.2. The van der Waals surface area contributed by atoms with Crippen LogP contribution in [0.15, 0.2) is 23.1 Å². The summed E-state index contributed by atoms with van der Waals surface area (Å²) in [5.41, 5.74) is 0. The number of carbonyl (C=O) groups is 2. The Bertz CT molecular complexity index is 977. The van der Waals surface area contributed by atoms with Gasteiger partial charge in [-0.25, -0.2) is 13.2 Å². The predicted octanol–water partition coefficient (Wildman–Crippen LogP) is 1.70. The lowest BCUT2D eigenvalue weighted by molar-refractivity contribution is -0.192. The van der Waals surface area contributed by atoms with E-state index in [1.165, 1.54) is 30.7 Å². The first kappa shape index (κ1) is 28.7. The number of aliphatic carboxylic acids is 1. The second-order valence-corrected chi connectivity index (χ2v) is 9.83. The van der Waals surface area contributed by atoms with Gasteiger partial charge in [-0.3, -0.25) is 4.79 Å². The van der Waals surface area contributed by atoms with Crippen molar-refractivity contribution in [3.63, 3.8) is 0 Å². The fourth-order valence-corrected chi connectivity index (χ4v) is 5.51. The molecule has 198 valence electrons. The number of halogens is 3. The summed E-state index contributed by atoms with van der Waals surface area (Å²) in [4.78, 5) is 23.6. The number of amides is 1. The maximum absolute atomic E-state index is 13.5. The summed E-state index contributed by atoms with van der Waals surface area (Å²) in [5, 5.41) is 10.3. The van der Waals surface area contributed by atoms with Gasteiger partial charge in [0.05, 0.1) is 25.7 Å². The van der Waals surface area contributed by atoms with Gasteiger partial charge in [-0.2, -0.15) is 17.5 Å². The predicted molar refractivity (Wildman–Crippen MR) is 119 cm³/mol. The van der Waals surface area contributed by atoms with Crippen LogP contribution >= 0.6 is 0 Å². The van der Waals surface area contributed by atoms with Gasteiger partial charge in [-0.05, 0) is 25.0 Å². The lowest BCUT2D eigenvalue weighted by Crippen LogP contribution is -2.51. The van der Waals surface area contributed by atoms with Crippen LogP contribution in [-0.4, -0.2) is 93.8 Å². The van der Waals surface area contributed by atoms with Crippen LogP contribution in [0.2, 0.25) is 0 Å². The monoisotopic (exact) mass is 525 g/mol. The van der Waals surface area contributed by atoms with E-state index in [9.17, 15) is 26.4 Å². The molecule has 0 bridgehead atoms. The summed E-state index contributed by atoms with van der Waals surface area (Å²) in [5.74, 6) is -2.08. The summed E-state index contributed by atoms with van der Waals surface area (Å²) >= 11 is 0. The number of carboxylic acids is 1. The quantitative estimate of drug-likeness (QED) is 0.551. The van der Waals surface area contributed by atoms with Crippen LogP contribution in [0.5, 0.6) is 11.5 Å². The van der Waals surface area contributed by atoms with Gasteiger partial charge in [0.2, 0.25) is 15.9 Å². The van der Waals surface area contributed by atoms with Gasteiger partial charge in [0, 0.05) is 38.3 Å². The summed E-state index contributed by atoms with van der Waals surface area (Å²) in [6.07, 6.45) is -1.57. The molecule has 1 saturated heterocycles. The van der Waals surface area contributed by atoms with Crippen LogP contribution in [-0.2, 0) is 19.6 Å². The second-order valence-electron chi connectivity index (χ2n) is 7.94. The van der Waals surface area contributed by atoms with E-state index in [0.29, 0.717) is 24.6 Å². The Morgan fingerprint density at radius 1 is 1.11 bits per heavy atom. The summed E-state index contributed by atoms with van der Waals surface area (Å²) < 4.78 is 70.5. The number of hydrogen-bond acceptors (Lipinski definition) is 7. The largest absolute Gasteiger partial charge is 0.493 e. The van der Waals surface area contributed by atoms with E-state index in [4.69, 9.17) is 19.4 Å². The SMILES string of the molecule is COc1ccc(S(=O)(=O)N(CC(=O)N2CCNCC2)C2CCCC2)cc1OC.O=C(O)C(F)(F)F. The molecule has 0 spiro atoms. The van der Waals surface area contributed by atoms with Gasteiger partial charge in [0.15, 0.2) is 11.5 Å². The minimum Gasteiger partial charge on any atom is -0.493 e. The summed E-state index contributed by atoms with van der Waals surface area (Å²) in [6, 6.07) is 4.40. The Morgan fingerprint density at radius 2 is 1.66 bits per heavy atom. The highest BCUT2D eigenvalue weighted by molar-refractivity contribution is 7.89. The molecule has 1 aliphatic carbocycles. The van der Waals surface area contributed by atoms with Crippen molar-refractivity contribution in [1.82, 2.24) is 14.5 Å². The van der Waals surface area contributed by atoms with Crippen molar-refractivity contribution >= 4 is 21.9 Å². The van der Waals surface area contributed by atoms with Crippen molar-refractivity contribution in [3.8, 4) is 11.5 Å². The molecule has 1 aliphatic heterocycles. The van der Waals surface area contributed by atoms with Gasteiger partial charge in [0.25, 0.3) is 0 Å². The molecule has 14 heteroatoms. The molecule has 0 atom stereocenters. The number of rotatable bonds is 7.